The molecule has 2 heterocycles. The van der Waals surface area contributed by atoms with Gasteiger partial charge in [0.25, 0.3) is 0 Å². The van der Waals surface area contributed by atoms with Gasteiger partial charge >= 0.3 is 5.69 Å². The Bertz CT molecular complexity index is 900. The maximum absolute atomic E-state index is 12.0. The SMILES string of the molecule is Cc1nn(CC(=O)Nc2ccn(Cc3ccccc3)n2)cc1[N+](=O)[O-]. The molecule has 0 aliphatic carbocycles. The number of benzene rings is 1. The molecule has 25 heavy (non-hydrogen) atoms. The number of aromatic nitrogens is 4. The third-order valence-corrected chi connectivity index (χ3v) is 3.52. The van der Waals surface area contributed by atoms with Crippen LogP contribution in [0.4, 0.5) is 11.5 Å². The predicted octanol–water partition coefficient (Wildman–Crippen LogP) is 1.98. The second kappa shape index (κ2) is 6.95. The van der Waals surface area contributed by atoms with Crippen LogP contribution in [-0.4, -0.2) is 30.4 Å². The summed E-state index contributed by atoms with van der Waals surface area (Å²) >= 11 is 0. The van der Waals surface area contributed by atoms with Gasteiger partial charge in [-0.15, -0.1) is 0 Å². The number of nitro groups is 1. The van der Waals surface area contributed by atoms with E-state index in [1.165, 1.54) is 17.8 Å². The summed E-state index contributed by atoms with van der Waals surface area (Å²) in [5.41, 5.74) is 1.26. The van der Waals surface area contributed by atoms with E-state index in [1.54, 1.807) is 16.9 Å². The minimum atomic E-state index is -0.526. The number of aryl methyl sites for hydroxylation is 1. The lowest BCUT2D eigenvalue weighted by Gasteiger charge is -2.03. The predicted molar refractivity (Wildman–Crippen MR) is 90.0 cm³/mol. The minimum absolute atomic E-state index is 0.111. The van der Waals surface area contributed by atoms with Crippen LogP contribution >= 0.6 is 0 Å². The molecule has 0 spiro atoms. The number of hydrogen-bond donors (Lipinski definition) is 1. The molecule has 0 aliphatic rings. The molecule has 0 fully saturated rings. The van der Waals surface area contributed by atoms with E-state index in [2.05, 4.69) is 15.5 Å². The lowest BCUT2D eigenvalue weighted by molar-refractivity contribution is -0.385. The smallest absolute Gasteiger partial charge is 0.308 e. The lowest BCUT2D eigenvalue weighted by Crippen LogP contribution is -2.19. The van der Waals surface area contributed by atoms with E-state index in [1.807, 2.05) is 30.3 Å². The standard InChI is InChI=1S/C16H16N6O3/c1-12-14(22(24)25)10-21(18-12)11-16(23)17-15-7-8-20(19-15)9-13-5-3-2-4-6-13/h2-8,10H,9,11H2,1H3,(H,17,19,23). The van der Waals surface area contributed by atoms with Crippen LogP contribution in [0.2, 0.25) is 0 Å². The summed E-state index contributed by atoms with van der Waals surface area (Å²) in [6, 6.07) is 11.5. The molecule has 1 N–H and O–H groups in total. The minimum Gasteiger partial charge on any atom is -0.308 e. The zero-order valence-electron chi connectivity index (χ0n) is 13.5. The van der Waals surface area contributed by atoms with Gasteiger partial charge in [-0.1, -0.05) is 30.3 Å². The summed E-state index contributed by atoms with van der Waals surface area (Å²) in [5, 5.41) is 21.7. The second-order valence-electron chi connectivity index (χ2n) is 5.49. The van der Waals surface area contributed by atoms with Crippen molar-refractivity contribution in [3.63, 3.8) is 0 Å². The van der Waals surface area contributed by atoms with Gasteiger partial charge in [-0.2, -0.15) is 10.2 Å². The fourth-order valence-electron chi connectivity index (χ4n) is 2.38. The first-order valence-corrected chi connectivity index (χ1v) is 7.57. The van der Waals surface area contributed by atoms with Crippen molar-refractivity contribution in [2.45, 2.75) is 20.0 Å². The third kappa shape index (κ3) is 4.08. The van der Waals surface area contributed by atoms with E-state index in [-0.39, 0.29) is 23.8 Å². The molecule has 0 saturated carbocycles. The van der Waals surface area contributed by atoms with Crippen molar-refractivity contribution in [2.75, 3.05) is 5.32 Å². The van der Waals surface area contributed by atoms with Gasteiger partial charge < -0.3 is 5.32 Å². The number of carbonyl (C=O) groups excluding carboxylic acids is 1. The van der Waals surface area contributed by atoms with E-state index in [9.17, 15) is 14.9 Å². The van der Waals surface area contributed by atoms with Crippen LogP contribution in [0.1, 0.15) is 11.3 Å². The molecule has 9 heteroatoms. The van der Waals surface area contributed by atoms with Crippen LogP contribution < -0.4 is 5.32 Å². The second-order valence-corrected chi connectivity index (χ2v) is 5.49. The topological polar surface area (TPSA) is 108 Å². The van der Waals surface area contributed by atoms with E-state index in [0.717, 1.165) is 5.56 Å². The van der Waals surface area contributed by atoms with Gasteiger partial charge in [0, 0.05) is 12.3 Å². The van der Waals surface area contributed by atoms with Gasteiger partial charge in [0.1, 0.15) is 18.4 Å². The molecule has 2 aromatic heterocycles. The Morgan fingerprint density at radius 3 is 2.64 bits per heavy atom. The average molecular weight is 340 g/mol. The number of rotatable bonds is 6. The van der Waals surface area contributed by atoms with Crippen molar-refractivity contribution < 1.29 is 9.72 Å². The van der Waals surface area contributed by atoms with Crippen molar-refractivity contribution >= 4 is 17.4 Å². The van der Waals surface area contributed by atoms with Gasteiger partial charge in [0.2, 0.25) is 5.91 Å². The van der Waals surface area contributed by atoms with Gasteiger partial charge in [0.05, 0.1) is 11.5 Å². The van der Waals surface area contributed by atoms with Crippen molar-refractivity contribution in [3.8, 4) is 0 Å². The van der Waals surface area contributed by atoms with Crippen molar-refractivity contribution in [2.24, 2.45) is 0 Å². The Hall–Kier alpha value is -3.49. The Balaban J connectivity index is 1.60. The van der Waals surface area contributed by atoms with Crippen molar-refractivity contribution in [1.82, 2.24) is 19.6 Å². The normalized spacial score (nSPS) is 10.6. The molecular formula is C16H16N6O3. The first-order chi connectivity index (χ1) is 12.0. The largest absolute Gasteiger partial charge is 0.309 e. The van der Waals surface area contributed by atoms with Crippen LogP contribution in [0.3, 0.4) is 0 Å². The molecule has 1 amide bonds. The maximum atomic E-state index is 12.0. The summed E-state index contributed by atoms with van der Waals surface area (Å²) in [6.07, 6.45) is 3.01. The van der Waals surface area contributed by atoms with Crippen molar-refractivity contribution in [3.05, 3.63) is 70.2 Å². The molecule has 0 radical (unpaired) electrons. The number of carbonyl (C=O) groups is 1. The summed E-state index contributed by atoms with van der Waals surface area (Å²) in [6.45, 7) is 2.00. The summed E-state index contributed by atoms with van der Waals surface area (Å²) in [5.74, 6) is 0.0571. The number of nitrogens with zero attached hydrogens (tertiary/aromatic N) is 5. The van der Waals surface area contributed by atoms with E-state index in [0.29, 0.717) is 12.4 Å². The molecule has 3 rings (SSSR count). The fourth-order valence-corrected chi connectivity index (χ4v) is 2.38. The summed E-state index contributed by atoms with van der Waals surface area (Å²) < 4.78 is 2.96. The van der Waals surface area contributed by atoms with Crippen LogP contribution in [0.25, 0.3) is 0 Å². The molecule has 0 unspecified atom stereocenters. The number of anilines is 1. The quantitative estimate of drug-likeness (QED) is 0.545. The molecule has 0 bridgehead atoms. The summed E-state index contributed by atoms with van der Waals surface area (Å²) in [7, 11) is 0. The highest BCUT2D eigenvalue weighted by Gasteiger charge is 2.17. The number of amides is 1. The van der Waals surface area contributed by atoms with E-state index < -0.39 is 4.92 Å². The van der Waals surface area contributed by atoms with Crippen LogP contribution in [0, 0.1) is 17.0 Å². The highest BCUT2D eigenvalue weighted by molar-refractivity contribution is 5.89. The monoisotopic (exact) mass is 340 g/mol. The maximum Gasteiger partial charge on any atom is 0.309 e. The first kappa shape index (κ1) is 16.4. The van der Waals surface area contributed by atoms with Gasteiger partial charge in [-0.05, 0) is 12.5 Å². The molecule has 128 valence electrons. The molecule has 0 saturated heterocycles. The summed E-state index contributed by atoms with van der Waals surface area (Å²) in [4.78, 5) is 22.3. The van der Waals surface area contributed by atoms with Gasteiger partial charge in [-0.25, -0.2) is 0 Å². The Labute approximate surface area is 143 Å². The number of hydrogen-bond acceptors (Lipinski definition) is 5. The van der Waals surface area contributed by atoms with Gasteiger partial charge in [0.15, 0.2) is 5.82 Å². The van der Waals surface area contributed by atoms with Gasteiger partial charge in [-0.3, -0.25) is 24.3 Å². The molecule has 9 nitrogen and oxygen atoms in total. The molecule has 3 aromatic rings. The zero-order valence-corrected chi connectivity index (χ0v) is 13.5. The van der Waals surface area contributed by atoms with Crippen LogP contribution in [0.5, 0.6) is 0 Å². The van der Waals surface area contributed by atoms with E-state index in [4.69, 9.17) is 0 Å². The molecule has 0 atom stereocenters. The molecule has 0 aliphatic heterocycles. The van der Waals surface area contributed by atoms with E-state index >= 15 is 0 Å². The fraction of sp³-hybridized carbons (Fsp3) is 0.188. The average Bonchev–Trinajstić information content (AvgIpc) is 3.14. The molecule has 1 aromatic carbocycles. The third-order valence-electron chi connectivity index (χ3n) is 3.52. The Morgan fingerprint density at radius 1 is 1.20 bits per heavy atom. The van der Waals surface area contributed by atoms with Crippen LogP contribution in [-0.2, 0) is 17.9 Å². The first-order valence-electron chi connectivity index (χ1n) is 7.57. The van der Waals surface area contributed by atoms with Crippen LogP contribution in [0.15, 0.2) is 48.8 Å². The molecular weight excluding hydrogens is 324 g/mol. The van der Waals surface area contributed by atoms with Crippen molar-refractivity contribution in [1.29, 1.82) is 0 Å². The number of nitrogens with one attached hydrogen (secondary N) is 1. The Morgan fingerprint density at radius 2 is 1.96 bits per heavy atom. The Kier molecular flexibility index (Phi) is 4.55. The lowest BCUT2D eigenvalue weighted by atomic mass is 10.2. The highest BCUT2D eigenvalue weighted by atomic mass is 16.6. The zero-order chi connectivity index (χ0) is 17.8. The highest BCUT2D eigenvalue weighted by Crippen LogP contribution is 2.15.